The van der Waals surface area contributed by atoms with Gasteiger partial charge in [0.05, 0.1) is 13.0 Å². The van der Waals surface area contributed by atoms with Gasteiger partial charge in [-0.2, -0.15) is 5.10 Å². The highest BCUT2D eigenvalue weighted by atomic mass is 16.5. The normalized spacial score (nSPS) is 16.4. The van der Waals surface area contributed by atoms with Crippen LogP contribution in [-0.4, -0.2) is 45.4 Å². The molecule has 2 amide bonds. The Morgan fingerprint density at radius 3 is 2.71 bits per heavy atom. The predicted octanol–water partition coefficient (Wildman–Crippen LogP) is 1.47. The van der Waals surface area contributed by atoms with E-state index in [1.807, 2.05) is 0 Å². The van der Waals surface area contributed by atoms with Gasteiger partial charge in [-0.1, -0.05) is 5.10 Å². The van der Waals surface area contributed by atoms with Crippen molar-refractivity contribution in [2.75, 3.05) is 23.9 Å². The van der Waals surface area contributed by atoms with Gasteiger partial charge in [0.1, 0.15) is 11.4 Å². The smallest absolute Gasteiger partial charge is 0.322 e. The summed E-state index contributed by atoms with van der Waals surface area (Å²) in [5.74, 6) is -0.0755. The van der Waals surface area contributed by atoms with E-state index in [1.54, 1.807) is 60.3 Å². The minimum Gasteiger partial charge on any atom is -0.497 e. The van der Waals surface area contributed by atoms with Crippen LogP contribution in [-0.2, 0) is 16.6 Å². The van der Waals surface area contributed by atoms with E-state index >= 15 is 0 Å². The van der Waals surface area contributed by atoms with Crippen LogP contribution in [0.5, 0.6) is 5.75 Å². The van der Waals surface area contributed by atoms with E-state index in [0.29, 0.717) is 11.4 Å². The van der Waals surface area contributed by atoms with Crippen LogP contribution in [0.4, 0.5) is 11.7 Å². The van der Waals surface area contributed by atoms with Gasteiger partial charge in [0.15, 0.2) is 0 Å². The first-order chi connectivity index (χ1) is 13.5. The standard InChI is InChI=1S/C18H18N6O4/c1-23-8-7-14(22-23)17-20-21-18(28-17)19-16(26)11-9-15(25)24(10-11)12-3-5-13(27-2)6-4-12/h3-8,11H,9-10H2,1-2H3,(H,19,21,26). The summed E-state index contributed by atoms with van der Waals surface area (Å²) in [5, 5.41) is 14.4. The molecule has 4 rings (SSSR count). The fourth-order valence-corrected chi connectivity index (χ4v) is 3.01. The molecule has 28 heavy (non-hydrogen) atoms. The lowest BCUT2D eigenvalue weighted by Gasteiger charge is -2.16. The second-order valence-corrected chi connectivity index (χ2v) is 6.38. The molecule has 0 saturated carbocycles. The maximum Gasteiger partial charge on any atom is 0.322 e. The Balaban J connectivity index is 1.41. The highest BCUT2D eigenvalue weighted by Crippen LogP contribution is 2.27. The van der Waals surface area contributed by atoms with E-state index in [1.165, 1.54) is 0 Å². The summed E-state index contributed by atoms with van der Waals surface area (Å²) in [5.41, 5.74) is 1.23. The van der Waals surface area contributed by atoms with Gasteiger partial charge in [-0.15, -0.1) is 5.10 Å². The molecule has 1 aliphatic rings. The molecule has 1 atom stereocenters. The van der Waals surface area contributed by atoms with Crippen LogP contribution in [0.2, 0.25) is 0 Å². The first-order valence-electron chi connectivity index (χ1n) is 8.62. The van der Waals surface area contributed by atoms with Crippen LogP contribution >= 0.6 is 0 Å². The molecule has 10 nitrogen and oxygen atoms in total. The van der Waals surface area contributed by atoms with Crippen molar-refractivity contribution in [2.24, 2.45) is 13.0 Å². The number of aromatic nitrogens is 4. The first-order valence-corrected chi connectivity index (χ1v) is 8.62. The Kier molecular flexibility index (Phi) is 4.52. The Bertz CT molecular complexity index is 1010. The maximum atomic E-state index is 12.5. The fraction of sp³-hybridized carbons (Fsp3) is 0.278. The number of methoxy groups -OCH3 is 1. The Hall–Kier alpha value is -3.69. The highest BCUT2D eigenvalue weighted by molar-refractivity contribution is 6.03. The lowest BCUT2D eigenvalue weighted by atomic mass is 10.1. The molecule has 3 heterocycles. The molecule has 1 fully saturated rings. The number of nitrogens with zero attached hydrogens (tertiary/aromatic N) is 5. The van der Waals surface area contributed by atoms with Crippen LogP contribution in [0.25, 0.3) is 11.6 Å². The van der Waals surface area contributed by atoms with Gasteiger partial charge in [0.25, 0.3) is 5.89 Å². The highest BCUT2D eigenvalue weighted by Gasteiger charge is 2.35. The average molecular weight is 382 g/mol. The minimum atomic E-state index is -0.514. The first kappa shape index (κ1) is 17.7. The maximum absolute atomic E-state index is 12.5. The van der Waals surface area contributed by atoms with E-state index in [0.717, 1.165) is 5.69 Å². The molecule has 1 saturated heterocycles. The molecule has 1 aromatic carbocycles. The van der Waals surface area contributed by atoms with Crippen LogP contribution < -0.4 is 15.0 Å². The number of carbonyl (C=O) groups is 2. The third-order valence-electron chi connectivity index (χ3n) is 4.47. The summed E-state index contributed by atoms with van der Waals surface area (Å²) in [6.45, 7) is 0.276. The van der Waals surface area contributed by atoms with Gasteiger partial charge in [-0.25, -0.2) is 0 Å². The SMILES string of the molecule is COc1ccc(N2CC(C(=O)Nc3nnc(-c4ccn(C)n4)o3)CC2=O)cc1. The zero-order valence-corrected chi connectivity index (χ0v) is 15.3. The summed E-state index contributed by atoms with van der Waals surface area (Å²) in [6, 6.07) is 8.81. The largest absolute Gasteiger partial charge is 0.497 e. The number of hydrogen-bond acceptors (Lipinski definition) is 7. The van der Waals surface area contributed by atoms with Gasteiger partial charge in [0, 0.05) is 31.9 Å². The topological polar surface area (TPSA) is 115 Å². The van der Waals surface area contributed by atoms with E-state index in [2.05, 4.69) is 20.6 Å². The molecule has 0 spiro atoms. The number of anilines is 2. The summed E-state index contributed by atoms with van der Waals surface area (Å²) in [7, 11) is 3.35. The second kappa shape index (κ2) is 7.14. The molecule has 1 aliphatic heterocycles. The van der Waals surface area contributed by atoms with Gasteiger partial charge in [-0.05, 0) is 30.3 Å². The predicted molar refractivity (Wildman–Crippen MR) is 98.6 cm³/mol. The van der Waals surface area contributed by atoms with Crippen LogP contribution in [0.1, 0.15) is 6.42 Å². The quantitative estimate of drug-likeness (QED) is 0.710. The number of hydrogen-bond donors (Lipinski definition) is 1. The van der Waals surface area contributed by atoms with Crippen molar-refractivity contribution in [3.8, 4) is 17.3 Å². The summed E-state index contributed by atoms with van der Waals surface area (Å²) < 4.78 is 12.2. The van der Waals surface area contributed by atoms with E-state index < -0.39 is 5.92 Å². The number of ether oxygens (including phenoxy) is 1. The van der Waals surface area contributed by atoms with Crippen molar-refractivity contribution < 1.29 is 18.7 Å². The molecule has 0 bridgehead atoms. The monoisotopic (exact) mass is 382 g/mol. The third-order valence-corrected chi connectivity index (χ3v) is 4.47. The number of benzene rings is 1. The molecule has 2 aromatic heterocycles. The number of rotatable bonds is 5. The zero-order chi connectivity index (χ0) is 19.7. The third kappa shape index (κ3) is 3.43. The van der Waals surface area contributed by atoms with E-state index in [4.69, 9.17) is 9.15 Å². The summed E-state index contributed by atoms with van der Waals surface area (Å²) in [4.78, 5) is 26.5. The number of carbonyl (C=O) groups excluding carboxylic acids is 2. The molecule has 0 aliphatic carbocycles. The molecular formula is C18H18N6O4. The van der Waals surface area contributed by atoms with Crippen molar-refractivity contribution in [1.82, 2.24) is 20.0 Å². The van der Waals surface area contributed by atoms with Gasteiger partial charge < -0.3 is 14.1 Å². The number of nitrogens with one attached hydrogen (secondary N) is 1. The van der Waals surface area contributed by atoms with Crippen molar-refractivity contribution in [3.63, 3.8) is 0 Å². The lowest BCUT2D eigenvalue weighted by molar-refractivity contribution is -0.122. The molecule has 1 N–H and O–H groups in total. The summed E-state index contributed by atoms with van der Waals surface area (Å²) >= 11 is 0. The van der Waals surface area contributed by atoms with Crippen molar-refractivity contribution in [3.05, 3.63) is 36.5 Å². The molecular weight excluding hydrogens is 364 g/mol. The zero-order valence-electron chi connectivity index (χ0n) is 15.3. The number of aryl methyl sites for hydroxylation is 1. The molecule has 3 aromatic rings. The number of amides is 2. The Labute approximate surface area is 160 Å². The molecule has 1 unspecified atom stereocenters. The second-order valence-electron chi connectivity index (χ2n) is 6.38. The lowest BCUT2D eigenvalue weighted by Crippen LogP contribution is -2.28. The Morgan fingerprint density at radius 2 is 2.04 bits per heavy atom. The summed E-state index contributed by atoms with van der Waals surface area (Å²) in [6.07, 6.45) is 1.86. The fourth-order valence-electron chi connectivity index (χ4n) is 3.01. The van der Waals surface area contributed by atoms with E-state index in [-0.39, 0.29) is 36.7 Å². The molecule has 0 radical (unpaired) electrons. The van der Waals surface area contributed by atoms with Crippen molar-refractivity contribution in [2.45, 2.75) is 6.42 Å². The van der Waals surface area contributed by atoms with E-state index in [9.17, 15) is 9.59 Å². The van der Waals surface area contributed by atoms with Gasteiger partial charge in [0.2, 0.25) is 11.8 Å². The van der Waals surface area contributed by atoms with Crippen molar-refractivity contribution in [1.29, 1.82) is 0 Å². The minimum absolute atomic E-state index is 0.0269. The van der Waals surface area contributed by atoms with Gasteiger partial charge in [-0.3, -0.25) is 19.6 Å². The van der Waals surface area contributed by atoms with Crippen LogP contribution in [0, 0.1) is 5.92 Å². The Morgan fingerprint density at radius 1 is 1.25 bits per heavy atom. The molecule has 144 valence electrons. The average Bonchev–Trinajstić information content (AvgIpc) is 3.42. The van der Waals surface area contributed by atoms with Crippen LogP contribution in [0.15, 0.2) is 40.9 Å². The van der Waals surface area contributed by atoms with Crippen LogP contribution in [0.3, 0.4) is 0 Å². The molecule has 10 heteroatoms. The van der Waals surface area contributed by atoms with Crippen molar-refractivity contribution >= 4 is 23.5 Å². The van der Waals surface area contributed by atoms with Gasteiger partial charge >= 0.3 is 6.01 Å².